The minimum Gasteiger partial charge on any atom is -0.341 e. The van der Waals surface area contributed by atoms with Gasteiger partial charge >= 0.3 is 0 Å². The molecule has 178 valence electrons. The third-order valence-electron chi connectivity index (χ3n) is 6.06. The van der Waals surface area contributed by atoms with Crippen molar-refractivity contribution in [2.75, 3.05) is 4.72 Å². The van der Waals surface area contributed by atoms with E-state index in [1.165, 1.54) is 0 Å². The Morgan fingerprint density at radius 2 is 1.40 bits per heavy atom. The van der Waals surface area contributed by atoms with Crippen molar-refractivity contribution in [3.63, 3.8) is 0 Å². The van der Waals surface area contributed by atoms with E-state index in [-0.39, 0.29) is 16.8 Å². The predicted molar refractivity (Wildman–Crippen MR) is 140 cm³/mol. The van der Waals surface area contributed by atoms with Crippen LogP contribution in [0.3, 0.4) is 0 Å². The van der Waals surface area contributed by atoms with E-state index in [0.29, 0.717) is 16.8 Å². The molecule has 4 aromatic rings. The van der Waals surface area contributed by atoms with E-state index in [1.54, 1.807) is 49.4 Å². The maximum absolute atomic E-state index is 13.5. The second-order valence-corrected chi connectivity index (χ2v) is 10.3. The molecule has 0 spiro atoms. The average molecular weight is 485 g/mol. The quantitative estimate of drug-likeness (QED) is 0.341. The molecule has 0 aliphatic rings. The topological polar surface area (TPSA) is 75.3 Å². The number of carbonyl (C=O) groups excluding carboxylic acids is 1. The van der Waals surface area contributed by atoms with E-state index in [9.17, 15) is 13.2 Å². The molecule has 35 heavy (non-hydrogen) atoms. The van der Waals surface area contributed by atoms with E-state index in [1.807, 2.05) is 68.4 Å². The number of hydrogen-bond donors (Lipinski definition) is 2. The van der Waals surface area contributed by atoms with Crippen LogP contribution in [0.25, 0.3) is 0 Å². The second kappa shape index (κ2) is 10.2. The first-order valence-electron chi connectivity index (χ1n) is 11.4. The fourth-order valence-electron chi connectivity index (χ4n) is 4.02. The van der Waals surface area contributed by atoms with Crippen molar-refractivity contribution in [2.45, 2.75) is 31.7 Å². The number of anilines is 1. The summed E-state index contributed by atoms with van der Waals surface area (Å²) >= 11 is 0. The van der Waals surface area contributed by atoms with Gasteiger partial charge in [-0.3, -0.25) is 9.52 Å². The van der Waals surface area contributed by atoms with Gasteiger partial charge in [0.05, 0.1) is 16.6 Å². The fourth-order valence-corrected chi connectivity index (χ4v) is 5.14. The molecule has 4 aromatic carbocycles. The van der Waals surface area contributed by atoms with Crippen molar-refractivity contribution < 1.29 is 13.2 Å². The number of nitrogens with one attached hydrogen (secondary N) is 2. The summed E-state index contributed by atoms with van der Waals surface area (Å²) in [7, 11) is -3.79. The van der Waals surface area contributed by atoms with Gasteiger partial charge in [-0.05, 0) is 67.3 Å². The molecule has 6 heteroatoms. The first-order chi connectivity index (χ1) is 16.8. The summed E-state index contributed by atoms with van der Waals surface area (Å²) in [6.07, 6.45) is 0. The minimum atomic E-state index is -3.79. The first-order valence-corrected chi connectivity index (χ1v) is 12.8. The van der Waals surface area contributed by atoms with Gasteiger partial charge in [0.1, 0.15) is 0 Å². The van der Waals surface area contributed by atoms with Crippen molar-refractivity contribution in [1.82, 2.24) is 5.32 Å². The molecular weight excluding hydrogens is 456 g/mol. The molecule has 0 aromatic heterocycles. The summed E-state index contributed by atoms with van der Waals surface area (Å²) in [6.45, 7) is 5.66. The van der Waals surface area contributed by atoms with Crippen molar-refractivity contribution in [3.8, 4) is 0 Å². The zero-order valence-corrected chi connectivity index (χ0v) is 20.8. The van der Waals surface area contributed by atoms with Crippen LogP contribution in [-0.2, 0) is 10.0 Å². The monoisotopic (exact) mass is 484 g/mol. The van der Waals surface area contributed by atoms with Gasteiger partial charge in [0.25, 0.3) is 15.9 Å². The Balaban J connectivity index is 1.65. The second-order valence-electron chi connectivity index (χ2n) is 8.57. The lowest BCUT2D eigenvalue weighted by Crippen LogP contribution is -2.30. The fraction of sp³-hybridized carbons (Fsp3) is 0.138. The molecule has 0 fully saturated rings. The maximum atomic E-state index is 13.5. The van der Waals surface area contributed by atoms with Crippen LogP contribution in [0.2, 0.25) is 0 Å². The first kappa shape index (κ1) is 24.2. The van der Waals surface area contributed by atoms with Gasteiger partial charge in [-0.25, -0.2) is 8.42 Å². The van der Waals surface area contributed by atoms with Gasteiger partial charge in [-0.1, -0.05) is 78.4 Å². The number of sulfonamides is 1. The van der Waals surface area contributed by atoms with E-state index < -0.39 is 10.0 Å². The van der Waals surface area contributed by atoms with Crippen molar-refractivity contribution in [3.05, 3.63) is 130 Å². The highest BCUT2D eigenvalue weighted by atomic mass is 32.2. The molecule has 0 aliphatic carbocycles. The highest BCUT2D eigenvalue weighted by Crippen LogP contribution is 2.27. The van der Waals surface area contributed by atoms with Crippen LogP contribution in [0.15, 0.2) is 102 Å². The predicted octanol–water partition coefficient (Wildman–Crippen LogP) is 5.93. The van der Waals surface area contributed by atoms with Gasteiger partial charge in [0.15, 0.2) is 0 Å². The molecule has 0 saturated heterocycles. The van der Waals surface area contributed by atoms with E-state index >= 15 is 0 Å². The number of hydrogen-bond acceptors (Lipinski definition) is 3. The Morgan fingerprint density at radius 1 is 0.743 bits per heavy atom. The molecule has 0 saturated carbocycles. The SMILES string of the molecule is Cc1ccc(S(=O)(=O)Nc2cccc(C(=O)N[C@@H](c3ccccc3)c3ccccc3C)c2C)cc1. The van der Waals surface area contributed by atoms with Gasteiger partial charge in [0.2, 0.25) is 0 Å². The molecule has 0 bridgehead atoms. The molecule has 0 heterocycles. The molecule has 0 aliphatic heterocycles. The molecule has 1 atom stereocenters. The van der Waals surface area contributed by atoms with Crippen molar-refractivity contribution >= 4 is 21.6 Å². The summed E-state index contributed by atoms with van der Waals surface area (Å²) in [5.74, 6) is -0.281. The van der Waals surface area contributed by atoms with Crippen molar-refractivity contribution in [2.24, 2.45) is 0 Å². The number of rotatable bonds is 7. The summed E-state index contributed by atoms with van der Waals surface area (Å²) < 4.78 is 28.5. The van der Waals surface area contributed by atoms with Crippen LogP contribution >= 0.6 is 0 Å². The van der Waals surface area contributed by atoms with Crippen LogP contribution in [-0.4, -0.2) is 14.3 Å². The zero-order valence-electron chi connectivity index (χ0n) is 19.9. The van der Waals surface area contributed by atoms with Crippen LogP contribution in [0, 0.1) is 20.8 Å². The molecule has 2 N–H and O–H groups in total. The zero-order chi connectivity index (χ0) is 25.0. The van der Waals surface area contributed by atoms with E-state index in [4.69, 9.17) is 0 Å². The Bertz CT molecular complexity index is 1450. The largest absolute Gasteiger partial charge is 0.341 e. The van der Waals surface area contributed by atoms with Gasteiger partial charge in [0, 0.05) is 5.56 Å². The van der Waals surface area contributed by atoms with Crippen molar-refractivity contribution in [1.29, 1.82) is 0 Å². The van der Waals surface area contributed by atoms with E-state index in [2.05, 4.69) is 10.0 Å². The molecule has 0 unspecified atom stereocenters. The third-order valence-corrected chi connectivity index (χ3v) is 7.44. The highest BCUT2D eigenvalue weighted by molar-refractivity contribution is 7.92. The summed E-state index contributed by atoms with van der Waals surface area (Å²) in [4.78, 5) is 13.6. The average Bonchev–Trinajstić information content (AvgIpc) is 2.85. The Kier molecular flexibility index (Phi) is 7.03. The normalized spacial score (nSPS) is 12.1. The minimum absolute atomic E-state index is 0.168. The Hall–Kier alpha value is -3.90. The molecule has 4 rings (SSSR count). The Labute approximate surface area is 206 Å². The molecule has 5 nitrogen and oxygen atoms in total. The Morgan fingerprint density at radius 3 is 2.09 bits per heavy atom. The third kappa shape index (κ3) is 5.44. The van der Waals surface area contributed by atoms with Gasteiger partial charge in [-0.2, -0.15) is 0 Å². The molecule has 1 amide bonds. The highest BCUT2D eigenvalue weighted by Gasteiger charge is 2.22. The molecule has 0 radical (unpaired) electrons. The maximum Gasteiger partial charge on any atom is 0.261 e. The van der Waals surface area contributed by atoms with Crippen LogP contribution < -0.4 is 10.0 Å². The van der Waals surface area contributed by atoms with Crippen LogP contribution in [0.5, 0.6) is 0 Å². The number of amides is 1. The summed E-state index contributed by atoms with van der Waals surface area (Å²) in [6, 6.07) is 29.1. The summed E-state index contributed by atoms with van der Waals surface area (Å²) in [5.41, 5.74) is 5.33. The van der Waals surface area contributed by atoms with Crippen LogP contribution in [0.1, 0.15) is 44.2 Å². The number of benzene rings is 4. The lowest BCUT2D eigenvalue weighted by molar-refractivity contribution is 0.0942. The summed E-state index contributed by atoms with van der Waals surface area (Å²) in [5, 5.41) is 3.16. The van der Waals surface area contributed by atoms with Gasteiger partial charge in [-0.15, -0.1) is 0 Å². The smallest absolute Gasteiger partial charge is 0.261 e. The standard InChI is InChI=1S/C29H28N2O3S/c1-20-16-18-24(19-17-20)35(33,34)31-27-15-9-14-26(22(27)3)29(32)30-28(23-11-5-4-6-12-23)25-13-8-7-10-21(25)2/h4-19,28,31H,1-3H3,(H,30,32)/t28-/m0/s1. The van der Waals surface area contributed by atoms with Crippen LogP contribution in [0.4, 0.5) is 5.69 Å². The number of aryl methyl sites for hydroxylation is 2. The van der Waals surface area contributed by atoms with Gasteiger partial charge < -0.3 is 5.32 Å². The lowest BCUT2D eigenvalue weighted by atomic mass is 9.94. The van der Waals surface area contributed by atoms with E-state index in [0.717, 1.165) is 22.3 Å². The number of carbonyl (C=O) groups is 1. The lowest BCUT2D eigenvalue weighted by Gasteiger charge is -2.22. The molecular formula is C29H28N2O3S.